The summed E-state index contributed by atoms with van der Waals surface area (Å²) in [6, 6.07) is 4.41. The van der Waals surface area contributed by atoms with E-state index in [1.807, 2.05) is 13.8 Å². The lowest BCUT2D eigenvalue weighted by Gasteiger charge is -2.65. The van der Waals surface area contributed by atoms with Gasteiger partial charge in [0.1, 0.15) is 11.4 Å². The minimum absolute atomic E-state index is 0.0345. The van der Waals surface area contributed by atoms with Crippen LogP contribution in [0.3, 0.4) is 0 Å². The normalized spacial score (nSPS) is 31.9. The van der Waals surface area contributed by atoms with Crippen LogP contribution in [0, 0.1) is 17.2 Å². The summed E-state index contributed by atoms with van der Waals surface area (Å²) in [6.45, 7) is 4.96. The average molecular weight is 341 g/mol. The van der Waals surface area contributed by atoms with Gasteiger partial charge in [-0.25, -0.2) is 4.39 Å². The smallest absolute Gasteiger partial charge is 0.241 e. The molecule has 1 aromatic carbocycles. The molecule has 0 spiro atoms. The third kappa shape index (κ3) is 2.46. The Morgan fingerprint density at radius 2 is 2.26 bits per heavy atom. The third-order valence-electron chi connectivity index (χ3n) is 5.50. The number of rotatable bonds is 3. The Kier molecular flexibility index (Phi) is 4.15. The van der Waals surface area contributed by atoms with Crippen molar-refractivity contribution in [2.45, 2.75) is 44.9 Å². The Morgan fingerprint density at radius 3 is 2.96 bits per heavy atom. The molecule has 2 aliphatic rings. The van der Waals surface area contributed by atoms with Gasteiger partial charge in [-0.2, -0.15) is 0 Å². The molecule has 0 bridgehead atoms. The van der Waals surface area contributed by atoms with Crippen LogP contribution in [0.15, 0.2) is 18.2 Å². The van der Waals surface area contributed by atoms with Crippen LogP contribution in [-0.2, 0) is 16.1 Å². The van der Waals surface area contributed by atoms with E-state index >= 15 is 0 Å². The maximum absolute atomic E-state index is 13.2. The zero-order valence-electron chi connectivity index (χ0n) is 13.4. The first-order valence-electron chi connectivity index (χ1n) is 7.91. The molecule has 1 aromatic rings. The van der Waals surface area contributed by atoms with Gasteiger partial charge in [0.25, 0.3) is 0 Å². The van der Waals surface area contributed by atoms with Gasteiger partial charge in [0, 0.05) is 24.5 Å². The van der Waals surface area contributed by atoms with Gasteiger partial charge in [0.05, 0.1) is 11.1 Å². The van der Waals surface area contributed by atoms with E-state index < -0.39 is 16.8 Å². The van der Waals surface area contributed by atoms with Crippen LogP contribution >= 0.6 is 11.6 Å². The Balaban J connectivity index is 1.71. The van der Waals surface area contributed by atoms with Crippen LogP contribution in [0.25, 0.3) is 0 Å². The largest absolute Gasteiger partial charge is 0.377 e. The molecule has 1 amide bonds. The van der Waals surface area contributed by atoms with E-state index in [1.54, 1.807) is 6.07 Å². The molecular weight excluding hydrogens is 319 g/mol. The van der Waals surface area contributed by atoms with Crippen molar-refractivity contribution in [3.05, 3.63) is 34.6 Å². The summed E-state index contributed by atoms with van der Waals surface area (Å²) < 4.78 is 19.0. The van der Waals surface area contributed by atoms with Crippen molar-refractivity contribution < 1.29 is 13.9 Å². The van der Waals surface area contributed by atoms with E-state index in [1.165, 1.54) is 12.1 Å². The van der Waals surface area contributed by atoms with Crippen LogP contribution in [0.4, 0.5) is 4.39 Å². The van der Waals surface area contributed by atoms with Crippen LogP contribution in [0.2, 0.25) is 5.02 Å². The molecule has 1 heterocycles. The SMILES string of the molecule is CC1(C)C2OCCCC2C1(N)C(=O)NCc1ccc(F)c(Cl)c1. The molecule has 6 heteroatoms. The minimum Gasteiger partial charge on any atom is -0.377 e. The van der Waals surface area contributed by atoms with Crippen LogP contribution < -0.4 is 11.1 Å². The molecule has 126 valence electrons. The van der Waals surface area contributed by atoms with E-state index in [4.69, 9.17) is 22.1 Å². The van der Waals surface area contributed by atoms with Gasteiger partial charge in [-0.15, -0.1) is 0 Å². The number of carbonyl (C=O) groups is 1. The van der Waals surface area contributed by atoms with Crippen molar-refractivity contribution in [3.8, 4) is 0 Å². The number of hydrogen-bond donors (Lipinski definition) is 2. The molecule has 1 aliphatic heterocycles. The van der Waals surface area contributed by atoms with E-state index in [0.29, 0.717) is 0 Å². The quantitative estimate of drug-likeness (QED) is 0.889. The zero-order chi connectivity index (χ0) is 16.8. The number of halogens is 2. The molecule has 1 saturated heterocycles. The molecular formula is C17H22ClFN2O2. The maximum atomic E-state index is 13.2. The second-order valence-electron chi connectivity index (χ2n) is 7.06. The fourth-order valence-electron chi connectivity index (χ4n) is 4.01. The molecule has 3 atom stereocenters. The summed E-state index contributed by atoms with van der Waals surface area (Å²) in [5, 5.41) is 2.92. The van der Waals surface area contributed by atoms with Gasteiger partial charge >= 0.3 is 0 Å². The first-order chi connectivity index (χ1) is 10.8. The van der Waals surface area contributed by atoms with E-state index in [2.05, 4.69) is 5.32 Å². The minimum atomic E-state index is -0.943. The van der Waals surface area contributed by atoms with Crippen molar-refractivity contribution in [2.75, 3.05) is 6.61 Å². The highest BCUT2D eigenvalue weighted by Gasteiger charge is 2.70. The number of carbonyl (C=O) groups excluding carboxylic acids is 1. The summed E-state index contributed by atoms with van der Waals surface area (Å²) in [6.07, 6.45) is 1.87. The lowest BCUT2D eigenvalue weighted by molar-refractivity contribution is -0.225. The summed E-state index contributed by atoms with van der Waals surface area (Å²) in [5.41, 5.74) is 5.90. The number of ether oxygens (including phenoxy) is 1. The highest BCUT2D eigenvalue weighted by atomic mass is 35.5. The fraction of sp³-hybridized carbons (Fsp3) is 0.588. The van der Waals surface area contributed by atoms with Crippen LogP contribution in [-0.4, -0.2) is 24.2 Å². The van der Waals surface area contributed by atoms with Crippen molar-refractivity contribution in [3.63, 3.8) is 0 Å². The van der Waals surface area contributed by atoms with Crippen molar-refractivity contribution in [1.29, 1.82) is 0 Å². The predicted molar refractivity (Wildman–Crippen MR) is 86.4 cm³/mol. The standard InChI is InChI=1S/C17H22ClFN2O2/c1-16(2)14-11(4-3-7-23-14)17(16,20)15(22)21-9-10-5-6-13(19)12(18)8-10/h5-6,8,11,14H,3-4,7,9,20H2,1-2H3,(H,21,22). The fourth-order valence-corrected chi connectivity index (χ4v) is 4.22. The average Bonchev–Trinajstić information content (AvgIpc) is 2.54. The second kappa shape index (κ2) is 5.72. The number of hydrogen-bond acceptors (Lipinski definition) is 3. The lowest BCUT2D eigenvalue weighted by Crippen LogP contribution is -2.82. The van der Waals surface area contributed by atoms with Crippen molar-refractivity contribution in [2.24, 2.45) is 17.1 Å². The number of nitrogens with two attached hydrogens (primary N) is 1. The van der Waals surface area contributed by atoms with E-state index in [9.17, 15) is 9.18 Å². The van der Waals surface area contributed by atoms with Crippen LogP contribution in [0.1, 0.15) is 32.3 Å². The molecule has 0 radical (unpaired) electrons. The maximum Gasteiger partial charge on any atom is 0.241 e. The third-order valence-corrected chi connectivity index (χ3v) is 5.79. The summed E-state index contributed by atoms with van der Waals surface area (Å²) >= 11 is 5.77. The summed E-state index contributed by atoms with van der Waals surface area (Å²) in [7, 11) is 0. The second-order valence-corrected chi connectivity index (χ2v) is 7.47. The predicted octanol–water partition coefficient (Wildman–Crippen LogP) is 2.63. The number of fused-ring (bicyclic) bond motifs is 1. The molecule has 3 rings (SSSR count). The monoisotopic (exact) mass is 340 g/mol. The molecule has 3 unspecified atom stereocenters. The highest BCUT2D eigenvalue weighted by molar-refractivity contribution is 6.30. The molecule has 2 fully saturated rings. The highest BCUT2D eigenvalue weighted by Crippen LogP contribution is 2.57. The number of benzene rings is 1. The summed E-state index contributed by atoms with van der Waals surface area (Å²) in [4.78, 5) is 12.7. The molecule has 1 aliphatic carbocycles. The Labute approximate surface area is 140 Å². The zero-order valence-corrected chi connectivity index (χ0v) is 14.1. The first-order valence-corrected chi connectivity index (χ1v) is 8.29. The Morgan fingerprint density at radius 1 is 1.52 bits per heavy atom. The van der Waals surface area contributed by atoms with E-state index in [0.717, 1.165) is 25.0 Å². The van der Waals surface area contributed by atoms with Crippen molar-refractivity contribution >= 4 is 17.5 Å². The molecule has 0 aromatic heterocycles. The lowest BCUT2D eigenvalue weighted by atomic mass is 9.46. The van der Waals surface area contributed by atoms with E-state index in [-0.39, 0.29) is 29.5 Å². The first kappa shape index (κ1) is 16.7. The Bertz CT molecular complexity index is 637. The molecule has 23 heavy (non-hydrogen) atoms. The number of nitrogens with one attached hydrogen (secondary N) is 1. The molecule has 4 nitrogen and oxygen atoms in total. The van der Waals surface area contributed by atoms with Gasteiger partial charge in [-0.05, 0) is 30.5 Å². The van der Waals surface area contributed by atoms with Crippen molar-refractivity contribution in [1.82, 2.24) is 5.32 Å². The van der Waals surface area contributed by atoms with Gasteiger partial charge in [-0.1, -0.05) is 31.5 Å². The topological polar surface area (TPSA) is 64.3 Å². The van der Waals surface area contributed by atoms with Gasteiger partial charge in [-0.3, -0.25) is 4.79 Å². The number of amides is 1. The van der Waals surface area contributed by atoms with Gasteiger partial charge in [0.15, 0.2) is 0 Å². The Hall–Kier alpha value is -1.17. The molecule has 3 N–H and O–H groups in total. The summed E-state index contributed by atoms with van der Waals surface area (Å²) in [5.74, 6) is -0.614. The van der Waals surface area contributed by atoms with Gasteiger partial charge < -0.3 is 15.8 Å². The van der Waals surface area contributed by atoms with Crippen LogP contribution in [0.5, 0.6) is 0 Å². The molecule has 1 saturated carbocycles. The van der Waals surface area contributed by atoms with Gasteiger partial charge in [0.2, 0.25) is 5.91 Å².